The third-order valence-electron chi connectivity index (χ3n) is 3.09. The average molecular weight is 322 g/mol. The molecule has 3 aliphatic rings. The maximum absolute atomic E-state index is 5.52. The van der Waals surface area contributed by atoms with Crippen molar-refractivity contribution in [3.8, 4) is 0 Å². The van der Waals surface area contributed by atoms with Gasteiger partial charge in [0.15, 0.2) is 0 Å². The van der Waals surface area contributed by atoms with Gasteiger partial charge in [-0.05, 0) is 0 Å². The van der Waals surface area contributed by atoms with Crippen LogP contribution in [-0.2, 0) is 0 Å². The zero-order valence-electron chi connectivity index (χ0n) is 9.63. The number of thiocarbonyl (C=S) groups is 1. The van der Waals surface area contributed by atoms with Crippen molar-refractivity contribution in [2.24, 2.45) is 0 Å². The van der Waals surface area contributed by atoms with Crippen LogP contribution >= 0.6 is 24.0 Å². The van der Waals surface area contributed by atoms with Crippen molar-refractivity contribution in [2.45, 2.75) is 6.42 Å². The standard InChI is InChI=1S/C9H15N4S2Se/c1-10-7(14)12-5-4-6-13-8(15-3)11(2)16(10)9(12)13/h4-6H2,1-3H3/q+1. The van der Waals surface area contributed by atoms with Gasteiger partial charge in [-0.25, -0.2) is 0 Å². The Bertz CT molecular complexity index is 445. The average Bonchev–Trinajstić information content (AvgIpc) is 2.71. The Morgan fingerprint density at radius 2 is 2.06 bits per heavy atom. The molecule has 0 spiro atoms. The Balaban J connectivity index is 2.14. The molecule has 0 aromatic carbocycles. The van der Waals surface area contributed by atoms with Crippen LogP contribution in [0.4, 0.5) is 0 Å². The van der Waals surface area contributed by atoms with Gasteiger partial charge < -0.3 is 0 Å². The second kappa shape index (κ2) is 3.70. The fraction of sp³-hybridized carbons (Fsp3) is 0.667. The van der Waals surface area contributed by atoms with Gasteiger partial charge in [-0.2, -0.15) is 0 Å². The van der Waals surface area contributed by atoms with E-state index in [0.717, 1.165) is 18.2 Å². The van der Waals surface area contributed by atoms with Gasteiger partial charge in [0.2, 0.25) is 0 Å². The Hall–Kier alpha value is -0.101. The first kappa shape index (κ1) is 11.0. The SMILES string of the molecule is CSC1=[N+](C)[Se]2=C3N(CCCN13)C(=S)N2C. The van der Waals surface area contributed by atoms with Crippen molar-refractivity contribution in [3.05, 3.63) is 0 Å². The molecule has 3 rings (SSSR count). The van der Waals surface area contributed by atoms with Gasteiger partial charge in [0.25, 0.3) is 0 Å². The van der Waals surface area contributed by atoms with E-state index in [0.29, 0.717) is 0 Å². The van der Waals surface area contributed by atoms with Crippen molar-refractivity contribution < 1.29 is 3.59 Å². The summed E-state index contributed by atoms with van der Waals surface area (Å²) in [5.41, 5.74) is 0. The molecule has 1 fully saturated rings. The fourth-order valence-corrected chi connectivity index (χ4v) is 9.13. The molecule has 16 heavy (non-hydrogen) atoms. The number of nitrogens with zero attached hydrogens (tertiary/aromatic N) is 4. The molecule has 0 N–H and O–H groups in total. The summed E-state index contributed by atoms with van der Waals surface area (Å²) in [6, 6.07) is 0. The molecule has 3 heterocycles. The van der Waals surface area contributed by atoms with Gasteiger partial charge >= 0.3 is 110 Å². The molecule has 0 saturated carbocycles. The van der Waals surface area contributed by atoms with E-state index in [4.69, 9.17) is 12.2 Å². The molecule has 7 heteroatoms. The molecule has 0 aromatic rings. The molecule has 4 nitrogen and oxygen atoms in total. The summed E-state index contributed by atoms with van der Waals surface area (Å²) in [6.45, 7) is 2.26. The number of rotatable bonds is 0. The van der Waals surface area contributed by atoms with E-state index in [1.54, 1.807) is 0 Å². The van der Waals surface area contributed by atoms with Crippen LogP contribution in [-0.4, -0.2) is 79.6 Å². The molecule has 0 bridgehead atoms. The number of hydrogen-bond donors (Lipinski definition) is 0. The summed E-state index contributed by atoms with van der Waals surface area (Å²) in [6.07, 6.45) is 3.37. The van der Waals surface area contributed by atoms with E-state index in [2.05, 4.69) is 37.7 Å². The molecule has 0 aliphatic carbocycles. The first-order chi connectivity index (χ1) is 7.66. The topological polar surface area (TPSA) is 12.7 Å². The van der Waals surface area contributed by atoms with Gasteiger partial charge in [0.1, 0.15) is 0 Å². The monoisotopic (exact) mass is 323 g/mol. The van der Waals surface area contributed by atoms with E-state index in [1.807, 2.05) is 11.8 Å². The van der Waals surface area contributed by atoms with Crippen molar-refractivity contribution in [1.82, 2.24) is 13.7 Å². The van der Waals surface area contributed by atoms with E-state index < -0.39 is 13.9 Å². The Kier molecular flexibility index (Phi) is 2.55. The molecule has 0 radical (unpaired) electrons. The number of thioether (sulfide) groups is 1. The molecule has 3 aliphatic heterocycles. The molecular formula is C9H15N4S2Se+. The minimum atomic E-state index is -1.06. The molecule has 1 saturated heterocycles. The summed E-state index contributed by atoms with van der Waals surface area (Å²) in [5, 5.41) is 2.43. The quantitative estimate of drug-likeness (QED) is 0.449. The predicted octanol–water partition coefficient (Wildman–Crippen LogP) is -0.243. The summed E-state index contributed by atoms with van der Waals surface area (Å²) in [4.78, 5) is 4.83. The van der Waals surface area contributed by atoms with Crippen molar-refractivity contribution in [3.63, 3.8) is 0 Å². The summed E-state index contributed by atoms with van der Waals surface area (Å²) in [7, 11) is 4.36. The van der Waals surface area contributed by atoms with Crippen LogP contribution in [0.5, 0.6) is 0 Å². The molecule has 0 amide bonds. The second-order valence-corrected chi connectivity index (χ2v) is 9.28. The van der Waals surface area contributed by atoms with Gasteiger partial charge in [-0.15, -0.1) is 0 Å². The first-order valence-electron chi connectivity index (χ1n) is 5.25. The molecule has 0 aromatic heterocycles. The normalized spacial score (nSPS) is 28.4. The summed E-state index contributed by atoms with van der Waals surface area (Å²) < 4.78 is 6.27. The van der Waals surface area contributed by atoms with Crippen LogP contribution in [0.25, 0.3) is 0 Å². The Morgan fingerprint density at radius 3 is 2.75 bits per heavy atom. The van der Waals surface area contributed by atoms with Crippen molar-refractivity contribution in [1.29, 1.82) is 0 Å². The zero-order valence-corrected chi connectivity index (χ0v) is 13.0. The van der Waals surface area contributed by atoms with Crippen LogP contribution in [0.2, 0.25) is 0 Å². The third-order valence-corrected chi connectivity index (χ3v) is 9.48. The van der Waals surface area contributed by atoms with Gasteiger partial charge in [0, 0.05) is 0 Å². The van der Waals surface area contributed by atoms with E-state index in [-0.39, 0.29) is 0 Å². The Morgan fingerprint density at radius 1 is 1.38 bits per heavy atom. The second-order valence-electron chi connectivity index (χ2n) is 3.97. The van der Waals surface area contributed by atoms with E-state index >= 15 is 0 Å². The van der Waals surface area contributed by atoms with Gasteiger partial charge in [-0.1, -0.05) is 0 Å². The van der Waals surface area contributed by atoms with Crippen LogP contribution in [0.1, 0.15) is 6.42 Å². The minimum absolute atomic E-state index is 1.02. The predicted molar refractivity (Wildman–Crippen MR) is 73.9 cm³/mol. The summed E-state index contributed by atoms with van der Waals surface area (Å²) in [5.74, 6) is 0. The van der Waals surface area contributed by atoms with Crippen LogP contribution in [0.15, 0.2) is 0 Å². The molecule has 1 unspecified atom stereocenters. The van der Waals surface area contributed by atoms with Gasteiger partial charge in [0.05, 0.1) is 0 Å². The number of amidine groups is 1. The first-order valence-corrected chi connectivity index (χ1v) is 9.28. The zero-order chi connectivity index (χ0) is 11.4. The molecule has 1 atom stereocenters. The van der Waals surface area contributed by atoms with Crippen LogP contribution < -0.4 is 0 Å². The van der Waals surface area contributed by atoms with Crippen molar-refractivity contribution in [2.75, 3.05) is 33.4 Å². The van der Waals surface area contributed by atoms with Crippen LogP contribution in [0.3, 0.4) is 0 Å². The number of hydrogen-bond acceptors (Lipinski definition) is 3. The van der Waals surface area contributed by atoms with Crippen LogP contribution in [0, 0.1) is 0 Å². The maximum atomic E-state index is 5.52. The van der Waals surface area contributed by atoms with E-state index in [9.17, 15) is 0 Å². The summed E-state index contributed by atoms with van der Waals surface area (Å²) >= 11 is 6.32. The molecular weight excluding hydrogens is 307 g/mol. The van der Waals surface area contributed by atoms with Crippen molar-refractivity contribution >= 4 is 52.8 Å². The fourth-order valence-electron chi connectivity index (χ4n) is 2.43. The Labute approximate surface area is 110 Å². The van der Waals surface area contributed by atoms with E-state index in [1.165, 1.54) is 16.3 Å². The molecule has 88 valence electrons. The third kappa shape index (κ3) is 1.20. The van der Waals surface area contributed by atoms with Gasteiger partial charge in [-0.3, -0.25) is 0 Å².